The van der Waals surface area contributed by atoms with Gasteiger partial charge in [-0.15, -0.1) is 0 Å². The first-order valence-corrected chi connectivity index (χ1v) is 10.6. The average Bonchev–Trinajstić information content (AvgIpc) is 3.44. The predicted octanol–water partition coefficient (Wildman–Crippen LogP) is 4.91. The molecule has 0 bridgehead atoms. The van der Waals surface area contributed by atoms with Gasteiger partial charge in [-0.05, 0) is 76.0 Å². The third kappa shape index (κ3) is 3.61. The Morgan fingerprint density at radius 1 is 1.18 bits per heavy atom. The summed E-state index contributed by atoms with van der Waals surface area (Å²) in [5.74, 6) is 2.26. The van der Waals surface area contributed by atoms with Gasteiger partial charge in [0.15, 0.2) is 0 Å². The van der Waals surface area contributed by atoms with Gasteiger partial charge in [0.1, 0.15) is 11.5 Å². The molecule has 1 aliphatic carbocycles. The summed E-state index contributed by atoms with van der Waals surface area (Å²) < 4.78 is 0. The molecule has 0 radical (unpaired) electrons. The molecule has 4 heterocycles. The molecule has 28 heavy (non-hydrogen) atoms. The number of fused-ring (bicyclic) bond motifs is 1. The van der Waals surface area contributed by atoms with Crippen LogP contribution in [0.25, 0.3) is 22.3 Å². The number of rotatable bonds is 5. The summed E-state index contributed by atoms with van der Waals surface area (Å²) in [5.41, 5.74) is 4.06. The van der Waals surface area contributed by atoms with Crippen molar-refractivity contribution < 1.29 is 0 Å². The quantitative estimate of drug-likeness (QED) is 0.644. The number of aromatic amines is 1. The van der Waals surface area contributed by atoms with Crippen molar-refractivity contribution in [2.45, 2.75) is 31.6 Å². The number of nitrogens with one attached hydrogen (secondary N) is 2. The molecule has 3 aromatic rings. The van der Waals surface area contributed by atoms with E-state index in [4.69, 9.17) is 16.6 Å². The molecule has 1 aliphatic heterocycles. The first-order chi connectivity index (χ1) is 13.7. The van der Waals surface area contributed by atoms with E-state index in [0.717, 1.165) is 53.7 Å². The summed E-state index contributed by atoms with van der Waals surface area (Å²) in [6, 6.07) is 8.19. The molecular formula is C22H26ClN5. The van der Waals surface area contributed by atoms with Crippen LogP contribution in [0.4, 0.5) is 5.82 Å². The fourth-order valence-electron chi connectivity index (χ4n) is 4.09. The summed E-state index contributed by atoms with van der Waals surface area (Å²) in [5, 5.41) is 5.23. The summed E-state index contributed by atoms with van der Waals surface area (Å²) in [6.45, 7) is 3.27. The van der Waals surface area contributed by atoms with Gasteiger partial charge in [0, 0.05) is 35.3 Å². The molecule has 0 amide bonds. The van der Waals surface area contributed by atoms with Crippen molar-refractivity contribution in [3.63, 3.8) is 0 Å². The second kappa shape index (κ2) is 7.37. The van der Waals surface area contributed by atoms with Crippen molar-refractivity contribution in [2.24, 2.45) is 5.92 Å². The van der Waals surface area contributed by atoms with Crippen molar-refractivity contribution in [2.75, 3.05) is 32.0 Å². The molecule has 5 nitrogen and oxygen atoms in total. The zero-order chi connectivity index (χ0) is 19.1. The summed E-state index contributed by atoms with van der Waals surface area (Å²) >= 11 is 6.55. The third-order valence-electron chi connectivity index (χ3n) is 6.08. The molecule has 1 saturated carbocycles. The lowest BCUT2D eigenvalue weighted by Crippen LogP contribution is -2.29. The Morgan fingerprint density at radius 2 is 2.00 bits per heavy atom. The van der Waals surface area contributed by atoms with Crippen molar-refractivity contribution >= 4 is 28.5 Å². The normalized spacial score (nSPS) is 18.6. The molecule has 5 rings (SSSR count). The molecule has 2 N–H and O–H groups in total. The average molecular weight is 396 g/mol. The highest BCUT2D eigenvalue weighted by Gasteiger charge is 2.22. The van der Waals surface area contributed by atoms with Gasteiger partial charge in [-0.2, -0.15) is 0 Å². The molecule has 0 aromatic carbocycles. The minimum absolute atomic E-state index is 0.563. The molecule has 1 saturated heterocycles. The molecule has 146 valence electrons. The summed E-state index contributed by atoms with van der Waals surface area (Å²) in [6.07, 6.45) is 6.84. The highest BCUT2D eigenvalue weighted by molar-refractivity contribution is 6.33. The number of halogens is 1. The van der Waals surface area contributed by atoms with E-state index in [9.17, 15) is 0 Å². The summed E-state index contributed by atoms with van der Waals surface area (Å²) in [4.78, 5) is 15.4. The Balaban J connectivity index is 1.49. The number of pyridine rings is 2. The topological polar surface area (TPSA) is 56.8 Å². The van der Waals surface area contributed by atoms with E-state index in [-0.39, 0.29) is 0 Å². The lowest BCUT2D eigenvalue weighted by molar-refractivity contribution is 0.254. The van der Waals surface area contributed by atoms with Gasteiger partial charge in [0.05, 0.1) is 10.7 Å². The molecular weight excluding hydrogens is 370 g/mol. The van der Waals surface area contributed by atoms with Crippen LogP contribution in [0, 0.1) is 5.92 Å². The fraction of sp³-hybridized carbons (Fsp3) is 0.455. The van der Waals surface area contributed by atoms with Crippen LogP contribution in [0.15, 0.2) is 30.5 Å². The number of aromatic nitrogens is 3. The zero-order valence-corrected chi connectivity index (χ0v) is 17.0. The van der Waals surface area contributed by atoms with Crippen molar-refractivity contribution in [1.82, 2.24) is 19.9 Å². The van der Waals surface area contributed by atoms with E-state index in [2.05, 4.69) is 33.3 Å². The van der Waals surface area contributed by atoms with Crippen molar-refractivity contribution in [1.29, 1.82) is 0 Å². The Bertz CT molecular complexity index is 986. The maximum atomic E-state index is 6.55. The predicted molar refractivity (Wildman–Crippen MR) is 115 cm³/mol. The Hall–Kier alpha value is -2.11. The van der Waals surface area contributed by atoms with Crippen LogP contribution in [0.5, 0.6) is 0 Å². The van der Waals surface area contributed by atoms with E-state index in [1.807, 2.05) is 24.4 Å². The first kappa shape index (κ1) is 18.0. The SMILES string of the molecule is CN1CCC(c2cc3c(-c4nc(NCC5CC5)ccc4Cl)ccnc3[nH]2)CC1. The van der Waals surface area contributed by atoms with Crippen LogP contribution >= 0.6 is 11.6 Å². The van der Waals surface area contributed by atoms with Crippen LogP contribution in [0.1, 0.15) is 37.3 Å². The second-order valence-corrected chi connectivity index (χ2v) is 8.68. The molecule has 0 spiro atoms. The van der Waals surface area contributed by atoms with E-state index in [0.29, 0.717) is 10.9 Å². The molecule has 2 fully saturated rings. The molecule has 6 heteroatoms. The lowest BCUT2D eigenvalue weighted by Gasteiger charge is -2.28. The number of likely N-dealkylation sites (tertiary alicyclic amines) is 1. The standard InChI is InChI=1S/C22H26ClN5/c1-28-10-7-15(8-11-28)19-12-17-16(6-9-24-22(17)26-19)21-18(23)4-5-20(27-21)25-13-14-2-3-14/h4-6,9,12,14-15H,2-3,7-8,10-11,13H2,1H3,(H,24,26)(H,25,27). The third-order valence-corrected chi connectivity index (χ3v) is 6.39. The minimum atomic E-state index is 0.563. The zero-order valence-electron chi connectivity index (χ0n) is 16.2. The second-order valence-electron chi connectivity index (χ2n) is 8.27. The lowest BCUT2D eigenvalue weighted by atomic mass is 9.93. The number of nitrogens with zero attached hydrogens (tertiary/aromatic N) is 3. The van der Waals surface area contributed by atoms with Crippen LogP contribution < -0.4 is 5.32 Å². The Kier molecular flexibility index (Phi) is 4.73. The maximum Gasteiger partial charge on any atom is 0.138 e. The monoisotopic (exact) mass is 395 g/mol. The van der Waals surface area contributed by atoms with E-state index < -0.39 is 0 Å². The summed E-state index contributed by atoms with van der Waals surface area (Å²) in [7, 11) is 2.19. The first-order valence-electron chi connectivity index (χ1n) is 10.2. The largest absolute Gasteiger partial charge is 0.370 e. The van der Waals surface area contributed by atoms with Gasteiger partial charge in [0.2, 0.25) is 0 Å². The molecule has 0 unspecified atom stereocenters. The van der Waals surface area contributed by atoms with Gasteiger partial charge in [-0.3, -0.25) is 0 Å². The highest BCUT2D eigenvalue weighted by atomic mass is 35.5. The molecule has 0 atom stereocenters. The van der Waals surface area contributed by atoms with Gasteiger partial charge >= 0.3 is 0 Å². The molecule has 2 aliphatic rings. The van der Waals surface area contributed by atoms with Gasteiger partial charge in [-0.25, -0.2) is 9.97 Å². The van der Waals surface area contributed by atoms with E-state index >= 15 is 0 Å². The maximum absolute atomic E-state index is 6.55. The van der Waals surface area contributed by atoms with Crippen LogP contribution in [-0.2, 0) is 0 Å². The van der Waals surface area contributed by atoms with E-state index in [1.54, 1.807) is 0 Å². The number of hydrogen-bond acceptors (Lipinski definition) is 4. The van der Waals surface area contributed by atoms with Gasteiger partial charge in [-0.1, -0.05) is 11.6 Å². The van der Waals surface area contributed by atoms with Gasteiger partial charge < -0.3 is 15.2 Å². The Morgan fingerprint density at radius 3 is 2.79 bits per heavy atom. The smallest absolute Gasteiger partial charge is 0.138 e. The van der Waals surface area contributed by atoms with Crippen molar-refractivity contribution in [3.05, 3.63) is 41.2 Å². The van der Waals surface area contributed by atoms with Crippen LogP contribution in [0.2, 0.25) is 5.02 Å². The number of anilines is 1. The number of H-pyrrole nitrogens is 1. The van der Waals surface area contributed by atoms with E-state index in [1.165, 1.54) is 31.4 Å². The number of piperidine rings is 1. The van der Waals surface area contributed by atoms with Crippen molar-refractivity contribution in [3.8, 4) is 11.3 Å². The van der Waals surface area contributed by atoms with Crippen LogP contribution in [0.3, 0.4) is 0 Å². The number of hydrogen-bond donors (Lipinski definition) is 2. The van der Waals surface area contributed by atoms with Crippen LogP contribution in [-0.4, -0.2) is 46.5 Å². The highest BCUT2D eigenvalue weighted by Crippen LogP contribution is 2.36. The fourth-order valence-corrected chi connectivity index (χ4v) is 4.30. The molecule has 3 aromatic heterocycles. The van der Waals surface area contributed by atoms with Gasteiger partial charge in [0.25, 0.3) is 0 Å². The minimum Gasteiger partial charge on any atom is -0.370 e. The Labute approximate surface area is 170 Å².